The summed E-state index contributed by atoms with van der Waals surface area (Å²) in [6, 6.07) is 21.9. The zero-order valence-electron chi connectivity index (χ0n) is 19.9. The maximum Gasteiger partial charge on any atom is 0.248 e. The minimum Gasteiger partial charge on any atom is -0.496 e. The third kappa shape index (κ3) is 4.93. The van der Waals surface area contributed by atoms with Gasteiger partial charge in [-0.15, -0.1) is 0 Å². The van der Waals surface area contributed by atoms with Gasteiger partial charge in [-0.2, -0.15) is 0 Å². The van der Waals surface area contributed by atoms with Crippen molar-refractivity contribution in [2.24, 2.45) is 0 Å². The number of nitrogens with one attached hydrogen (secondary N) is 1. The van der Waals surface area contributed by atoms with Crippen molar-refractivity contribution in [3.8, 4) is 16.9 Å². The smallest absolute Gasteiger partial charge is 0.248 e. The zero-order chi connectivity index (χ0) is 24.2. The molecule has 1 aliphatic rings. The Kier molecular flexibility index (Phi) is 6.55. The van der Waals surface area contributed by atoms with Crippen LogP contribution in [0.4, 0.5) is 11.4 Å². The molecule has 1 aliphatic heterocycles. The fourth-order valence-corrected chi connectivity index (χ4v) is 4.40. The Labute approximate surface area is 204 Å². The Morgan fingerprint density at radius 3 is 2.49 bits per heavy atom. The monoisotopic (exact) mass is 468 g/mol. The molecule has 3 aromatic carbocycles. The van der Waals surface area contributed by atoms with Crippen LogP contribution in [0, 0.1) is 0 Å². The maximum absolute atomic E-state index is 12.8. The number of benzene rings is 3. The highest BCUT2D eigenvalue weighted by atomic mass is 16.5. The minimum absolute atomic E-state index is 0.195. The van der Waals surface area contributed by atoms with Gasteiger partial charge in [0.1, 0.15) is 11.3 Å². The van der Waals surface area contributed by atoms with Gasteiger partial charge in [0.25, 0.3) is 0 Å². The number of rotatable bonds is 6. The SMILES string of the molecule is COc1cc2occ(-c3ccccc3)c2cc1/C(C)=C/C(=O)Nc1ccc(N2CCOCC2)cc1. The molecule has 1 N–H and O–H groups in total. The summed E-state index contributed by atoms with van der Waals surface area (Å²) in [7, 11) is 1.62. The van der Waals surface area contributed by atoms with Gasteiger partial charge in [-0.1, -0.05) is 30.3 Å². The van der Waals surface area contributed by atoms with Crippen molar-refractivity contribution in [1.82, 2.24) is 0 Å². The standard InChI is InChI=1S/C29H28N2O4/c1-20(16-29(32)30-22-8-10-23(11-9-22)31-12-14-34-15-13-31)24-17-25-26(21-6-4-3-5-7-21)19-35-28(25)18-27(24)33-2/h3-11,16-19H,12-15H2,1-2H3,(H,30,32)/b20-16+. The highest BCUT2D eigenvalue weighted by molar-refractivity contribution is 6.05. The van der Waals surface area contributed by atoms with Gasteiger partial charge in [0.05, 0.1) is 26.6 Å². The van der Waals surface area contributed by atoms with E-state index >= 15 is 0 Å². The van der Waals surface area contributed by atoms with Crippen molar-refractivity contribution in [2.45, 2.75) is 6.92 Å². The second-order valence-corrected chi connectivity index (χ2v) is 8.53. The van der Waals surface area contributed by atoms with Crippen LogP contribution in [-0.2, 0) is 9.53 Å². The summed E-state index contributed by atoms with van der Waals surface area (Å²) in [4.78, 5) is 15.1. The molecule has 1 fully saturated rings. The van der Waals surface area contributed by atoms with E-state index in [2.05, 4.69) is 22.3 Å². The van der Waals surface area contributed by atoms with Gasteiger partial charge in [-0.05, 0) is 48.4 Å². The Morgan fingerprint density at radius 1 is 1.03 bits per heavy atom. The number of carbonyl (C=O) groups excluding carboxylic acids is 1. The Balaban J connectivity index is 1.37. The zero-order valence-corrected chi connectivity index (χ0v) is 19.9. The van der Waals surface area contributed by atoms with Gasteiger partial charge >= 0.3 is 0 Å². The van der Waals surface area contributed by atoms with Gasteiger partial charge < -0.3 is 24.1 Å². The van der Waals surface area contributed by atoms with Crippen molar-refractivity contribution in [3.63, 3.8) is 0 Å². The van der Waals surface area contributed by atoms with Crippen molar-refractivity contribution in [1.29, 1.82) is 0 Å². The van der Waals surface area contributed by atoms with Crippen LogP contribution in [0.25, 0.3) is 27.7 Å². The van der Waals surface area contributed by atoms with Crippen molar-refractivity contribution < 1.29 is 18.7 Å². The van der Waals surface area contributed by atoms with Crippen LogP contribution in [0.5, 0.6) is 5.75 Å². The molecule has 1 saturated heterocycles. The molecule has 1 aromatic heterocycles. The summed E-state index contributed by atoms with van der Waals surface area (Å²) in [6.07, 6.45) is 3.36. The molecule has 178 valence electrons. The minimum atomic E-state index is -0.195. The van der Waals surface area contributed by atoms with Crippen LogP contribution in [-0.4, -0.2) is 39.3 Å². The summed E-state index contributed by atoms with van der Waals surface area (Å²) < 4.78 is 16.8. The number of morpholine rings is 1. The molecule has 6 nitrogen and oxygen atoms in total. The first-order valence-corrected chi connectivity index (χ1v) is 11.7. The van der Waals surface area contributed by atoms with E-state index in [4.69, 9.17) is 13.9 Å². The molecule has 1 amide bonds. The van der Waals surface area contributed by atoms with E-state index in [1.165, 1.54) is 0 Å². The molecule has 2 heterocycles. The average molecular weight is 469 g/mol. The van der Waals surface area contributed by atoms with Gasteiger partial charge in [-0.3, -0.25) is 4.79 Å². The number of fused-ring (bicyclic) bond motifs is 1. The van der Waals surface area contributed by atoms with Crippen LogP contribution in [0.2, 0.25) is 0 Å². The first-order valence-electron chi connectivity index (χ1n) is 11.7. The number of furan rings is 1. The van der Waals surface area contributed by atoms with E-state index in [1.54, 1.807) is 19.4 Å². The predicted octanol–water partition coefficient (Wildman–Crippen LogP) is 5.99. The predicted molar refractivity (Wildman–Crippen MR) is 140 cm³/mol. The molecule has 0 atom stereocenters. The van der Waals surface area contributed by atoms with Gasteiger partial charge in [-0.25, -0.2) is 0 Å². The number of nitrogens with zero attached hydrogens (tertiary/aromatic N) is 1. The molecular formula is C29H28N2O4. The lowest BCUT2D eigenvalue weighted by Gasteiger charge is -2.28. The van der Waals surface area contributed by atoms with Gasteiger partial charge in [0, 0.05) is 53.1 Å². The van der Waals surface area contributed by atoms with E-state index in [0.29, 0.717) is 5.75 Å². The largest absolute Gasteiger partial charge is 0.496 e. The summed E-state index contributed by atoms with van der Waals surface area (Å²) in [5.41, 5.74) is 6.33. The Morgan fingerprint density at radius 2 is 1.77 bits per heavy atom. The number of hydrogen-bond donors (Lipinski definition) is 1. The van der Waals surface area contributed by atoms with E-state index in [9.17, 15) is 4.79 Å². The number of methoxy groups -OCH3 is 1. The molecule has 0 aliphatic carbocycles. The molecule has 4 aromatic rings. The number of ether oxygens (including phenoxy) is 2. The molecule has 5 rings (SSSR count). The lowest BCUT2D eigenvalue weighted by atomic mass is 9.99. The first kappa shape index (κ1) is 22.7. The molecule has 6 heteroatoms. The molecule has 0 radical (unpaired) electrons. The molecular weight excluding hydrogens is 440 g/mol. The van der Waals surface area contributed by atoms with E-state index in [1.807, 2.05) is 61.5 Å². The summed E-state index contributed by atoms with van der Waals surface area (Å²) in [6.45, 7) is 5.14. The fraction of sp³-hybridized carbons (Fsp3) is 0.207. The van der Waals surface area contributed by atoms with Crippen molar-refractivity contribution in [2.75, 3.05) is 43.6 Å². The molecule has 0 spiro atoms. The number of hydrogen-bond acceptors (Lipinski definition) is 5. The third-order valence-electron chi connectivity index (χ3n) is 6.26. The average Bonchev–Trinajstić information content (AvgIpc) is 3.32. The Hall–Kier alpha value is -4.03. The van der Waals surface area contributed by atoms with Gasteiger partial charge in [0.15, 0.2) is 0 Å². The highest BCUT2D eigenvalue weighted by Crippen LogP contribution is 2.37. The highest BCUT2D eigenvalue weighted by Gasteiger charge is 2.15. The van der Waals surface area contributed by atoms with Crippen molar-refractivity contribution >= 4 is 33.8 Å². The van der Waals surface area contributed by atoms with E-state index < -0.39 is 0 Å². The molecule has 0 saturated carbocycles. The first-order chi connectivity index (χ1) is 17.1. The quantitative estimate of drug-likeness (QED) is 0.352. The second kappa shape index (κ2) is 10.1. The fourth-order valence-electron chi connectivity index (χ4n) is 4.40. The lowest BCUT2D eigenvalue weighted by Crippen LogP contribution is -2.36. The van der Waals surface area contributed by atoms with Crippen molar-refractivity contribution in [3.05, 3.63) is 84.6 Å². The number of carbonyl (C=O) groups is 1. The van der Waals surface area contributed by atoms with Gasteiger partial charge in [0.2, 0.25) is 5.91 Å². The topological polar surface area (TPSA) is 63.9 Å². The van der Waals surface area contributed by atoms with Crippen LogP contribution >= 0.6 is 0 Å². The number of anilines is 2. The second-order valence-electron chi connectivity index (χ2n) is 8.53. The van der Waals surface area contributed by atoms with E-state index in [-0.39, 0.29) is 5.91 Å². The molecule has 0 bridgehead atoms. The maximum atomic E-state index is 12.8. The van der Waals surface area contributed by atoms with Crippen LogP contribution in [0.1, 0.15) is 12.5 Å². The summed E-state index contributed by atoms with van der Waals surface area (Å²) in [5.74, 6) is 0.460. The summed E-state index contributed by atoms with van der Waals surface area (Å²) >= 11 is 0. The normalized spacial score (nSPS) is 14.2. The van der Waals surface area contributed by atoms with Crippen LogP contribution in [0.15, 0.2) is 83.5 Å². The molecule has 35 heavy (non-hydrogen) atoms. The lowest BCUT2D eigenvalue weighted by molar-refractivity contribution is -0.111. The van der Waals surface area contributed by atoms with Crippen LogP contribution in [0.3, 0.4) is 0 Å². The van der Waals surface area contributed by atoms with E-state index in [0.717, 1.165) is 70.9 Å². The summed E-state index contributed by atoms with van der Waals surface area (Å²) in [5, 5.41) is 3.93. The third-order valence-corrected chi connectivity index (χ3v) is 6.26. The molecule has 0 unspecified atom stereocenters. The Bertz CT molecular complexity index is 1350. The van der Waals surface area contributed by atoms with Crippen LogP contribution < -0.4 is 15.0 Å². The number of amides is 1. The number of allylic oxidation sites excluding steroid dienone is 1.